The number of piperidine rings is 1. The lowest BCUT2D eigenvalue weighted by Gasteiger charge is -2.26. The number of aryl methyl sites for hydroxylation is 2. The molecule has 0 aliphatic carbocycles. The molecule has 1 fully saturated rings. The van der Waals surface area contributed by atoms with Crippen molar-refractivity contribution >= 4 is 21.6 Å². The number of nitrogens with zero attached hydrogens (tertiary/aromatic N) is 1. The molecule has 2 aromatic carbocycles. The summed E-state index contributed by atoms with van der Waals surface area (Å²) in [5.74, 6) is 0.483. The van der Waals surface area contributed by atoms with Crippen LogP contribution >= 0.6 is 0 Å². The fourth-order valence-electron chi connectivity index (χ4n) is 3.78. The summed E-state index contributed by atoms with van der Waals surface area (Å²) in [4.78, 5) is 12.8. The predicted octanol–water partition coefficient (Wildman–Crippen LogP) is 4.00. The molecule has 7 heteroatoms. The van der Waals surface area contributed by atoms with Crippen LogP contribution in [-0.4, -0.2) is 38.8 Å². The second-order valence-corrected chi connectivity index (χ2v) is 9.44. The van der Waals surface area contributed by atoms with Crippen molar-refractivity contribution in [2.24, 2.45) is 0 Å². The zero-order valence-corrected chi connectivity index (χ0v) is 18.5. The van der Waals surface area contributed by atoms with Crippen LogP contribution in [0.3, 0.4) is 0 Å². The Hall–Kier alpha value is -2.38. The van der Waals surface area contributed by atoms with Crippen molar-refractivity contribution in [3.05, 3.63) is 53.6 Å². The number of hydrogen-bond donors (Lipinski definition) is 1. The lowest BCUT2D eigenvalue weighted by atomic mass is 10.1. The fourth-order valence-corrected chi connectivity index (χ4v) is 5.34. The predicted molar refractivity (Wildman–Crippen MR) is 118 cm³/mol. The molecule has 30 heavy (non-hydrogen) atoms. The first-order valence-electron chi connectivity index (χ1n) is 10.5. The van der Waals surface area contributed by atoms with Crippen LogP contribution in [0.25, 0.3) is 0 Å². The quantitative estimate of drug-likeness (QED) is 0.687. The van der Waals surface area contributed by atoms with Gasteiger partial charge in [0.2, 0.25) is 15.9 Å². The van der Waals surface area contributed by atoms with Gasteiger partial charge in [-0.05, 0) is 61.1 Å². The van der Waals surface area contributed by atoms with Crippen LogP contribution in [0.1, 0.15) is 43.7 Å². The van der Waals surface area contributed by atoms with E-state index in [0.29, 0.717) is 25.3 Å². The Morgan fingerprint density at radius 3 is 2.50 bits per heavy atom. The van der Waals surface area contributed by atoms with E-state index in [-0.39, 0.29) is 17.2 Å². The molecule has 1 amide bonds. The average molecular weight is 431 g/mol. The number of anilines is 1. The van der Waals surface area contributed by atoms with Crippen LogP contribution in [0.5, 0.6) is 5.75 Å². The summed E-state index contributed by atoms with van der Waals surface area (Å²) in [6.45, 7) is 3.16. The third-order valence-corrected chi connectivity index (χ3v) is 7.39. The monoisotopic (exact) mass is 430 g/mol. The summed E-state index contributed by atoms with van der Waals surface area (Å²) in [6.07, 6.45) is 4.31. The first-order valence-corrected chi connectivity index (χ1v) is 11.9. The number of sulfonamides is 1. The summed E-state index contributed by atoms with van der Waals surface area (Å²) in [6, 6.07) is 12.6. The van der Waals surface area contributed by atoms with Crippen LogP contribution in [0.4, 0.5) is 5.69 Å². The van der Waals surface area contributed by atoms with E-state index < -0.39 is 10.0 Å². The highest BCUT2D eigenvalue weighted by molar-refractivity contribution is 7.89. The van der Waals surface area contributed by atoms with Crippen LogP contribution < -0.4 is 10.1 Å². The molecular formula is C23H30N2O4S. The zero-order chi connectivity index (χ0) is 21.6. The van der Waals surface area contributed by atoms with Gasteiger partial charge < -0.3 is 10.1 Å². The molecular weight excluding hydrogens is 400 g/mol. The number of methoxy groups -OCH3 is 1. The molecule has 1 N–H and O–H groups in total. The number of amides is 1. The molecule has 0 atom stereocenters. The van der Waals surface area contributed by atoms with E-state index in [9.17, 15) is 13.2 Å². The van der Waals surface area contributed by atoms with Crippen molar-refractivity contribution in [1.82, 2.24) is 4.31 Å². The van der Waals surface area contributed by atoms with E-state index in [0.717, 1.165) is 42.5 Å². The van der Waals surface area contributed by atoms with Crippen LogP contribution in [0, 0.1) is 0 Å². The summed E-state index contributed by atoms with van der Waals surface area (Å²) >= 11 is 0. The molecule has 0 aromatic heterocycles. The van der Waals surface area contributed by atoms with Gasteiger partial charge in [0.25, 0.3) is 0 Å². The standard InChI is InChI=1S/C23H30N2O4S/c1-3-18-9-5-6-10-21(18)24-23(26)14-11-19-17-20(12-13-22(19)29-2)30(27,28)25-15-7-4-8-16-25/h5-6,9-10,12-13,17H,3-4,7-8,11,14-16H2,1-2H3,(H,24,26). The second kappa shape index (κ2) is 10.1. The maximum absolute atomic E-state index is 13.0. The number of ether oxygens (including phenoxy) is 1. The molecule has 0 unspecified atom stereocenters. The minimum absolute atomic E-state index is 0.109. The van der Waals surface area contributed by atoms with Crippen LogP contribution in [0.2, 0.25) is 0 Å². The van der Waals surface area contributed by atoms with Gasteiger partial charge in [0.05, 0.1) is 12.0 Å². The van der Waals surface area contributed by atoms with E-state index in [1.807, 2.05) is 31.2 Å². The molecule has 1 aliphatic rings. The number of benzene rings is 2. The lowest BCUT2D eigenvalue weighted by molar-refractivity contribution is -0.116. The van der Waals surface area contributed by atoms with Crippen molar-refractivity contribution in [3.8, 4) is 5.75 Å². The molecule has 0 spiro atoms. The Kier molecular flexibility index (Phi) is 7.50. The third-order valence-electron chi connectivity index (χ3n) is 5.50. The Labute approximate surface area is 179 Å². The van der Waals surface area contributed by atoms with E-state index in [1.54, 1.807) is 29.6 Å². The van der Waals surface area contributed by atoms with E-state index in [4.69, 9.17) is 4.74 Å². The Morgan fingerprint density at radius 2 is 1.80 bits per heavy atom. The number of para-hydroxylation sites is 1. The highest BCUT2D eigenvalue weighted by Crippen LogP contribution is 2.27. The smallest absolute Gasteiger partial charge is 0.243 e. The first kappa shape index (κ1) is 22.3. The summed E-state index contributed by atoms with van der Waals surface area (Å²) < 4.78 is 32.9. The maximum atomic E-state index is 13.0. The molecule has 3 rings (SSSR count). The van der Waals surface area contributed by atoms with Crippen LogP contribution in [0.15, 0.2) is 47.4 Å². The van der Waals surface area contributed by atoms with Crippen molar-refractivity contribution < 1.29 is 17.9 Å². The van der Waals surface area contributed by atoms with E-state index >= 15 is 0 Å². The molecule has 1 heterocycles. The lowest BCUT2D eigenvalue weighted by Crippen LogP contribution is -2.35. The molecule has 0 bridgehead atoms. The fraction of sp³-hybridized carbons (Fsp3) is 0.435. The SMILES string of the molecule is CCc1ccccc1NC(=O)CCc1cc(S(=O)(=O)N2CCCCC2)ccc1OC. The van der Waals surface area contributed by atoms with Crippen molar-refractivity contribution in [2.45, 2.75) is 50.3 Å². The summed E-state index contributed by atoms with van der Waals surface area (Å²) in [7, 11) is -1.98. The highest BCUT2D eigenvalue weighted by atomic mass is 32.2. The van der Waals surface area contributed by atoms with Gasteiger partial charge in [-0.1, -0.05) is 31.5 Å². The molecule has 2 aromatic rings. The molecule has 1 aliphatic heterocycles. The molecule has 0 radical (unpaired) electrons. The number of hydrogen-bond acceptors (Lipinski definition) is 4. The maximum Gasteiger partial charge on any atom is 0.243 e. The Balaban J connectivity index is 1.73. The topological polar surface area (TPSA) is 75.7 Å². The van der Waals surface area contributed by atoms with Gasteiger partial charge in [0.15, 0.2) is 0 Å². The molecule has 6 nitrogen and oxygen atoms in total. The minimum atomic E-state index is -3.53. The third kappa shape index (κ3) is 5.21. The van der Waals surface area contributed by atoms with Gasteiger partial charge >= 0.3 is 0 Å². The second-order valence-electron chi connectivity index (χ2n) is 7.50. The average Bonchev–Trinajstić information content (AvgIpc) is 2.78. The summed E-state index contributed by atoms with van der Waals surface area (Å²) in [5, 5.41) is 2.96. The van der Waals surface area contributed by atoms with Crippen molar-refractivity contribution in [1.29, 1.82) is 0 Å². The van der Waals surface area contributed by atoms with Gasteiger partial charge in [0, 0.05) is 25.2 Å². The van der Waals surface area contributed by atoms with Crippen molar-refractivity contribution in [2.75, 3.05) is 25.5 Å². The van der Waals surface area contributed by atoms with Gasteiger partial charge in [-0.3, -0.25) is 4.79 Å². The van der Waals surface area contributed by atoms with Crippen molar-refractivity contribution in [3.63, 3.8) is 0 Å². The van der Waals surface area contributed by atoms with Gasteiger partial charge in [-0.25, -0.2) is 8.42 Å². The number of carbonyl (C=O) groups excluding carboxylic acids is 1. The first-order chi connectivity index (χ1) is 14.5. The van der Waals surface area contributed by atoms with Gasteiger partial charge in [-0.15, -0.1) is 0 Å². The number of carbonyl (C=O) groups is 1. The molecule has 0 saturated carbocycles. The van der Waals surface area contributed by atoms with Gasteiger partial charge in [0.1, 0.15) is 5.75 Å². The Bertz CT molecular complexity index is 982. The highest BCUT2D eigenvalue weighted by Gasteiger charge is 2.26. The number of rotatable bonds is 8. The molecule has 162 valence electrons. The van der Waals surface area contributed by atoms with Gasteiger partial charge in [-0.2, -0.15) is 4.31 Å². The normalized spacial score (nSPS) is 15.0. The van der Waals surface area contributed by atoms with E-state index in [2.05, 4.69) is 5.32 Å². The summed E-state index contributed by atoms with van der Waals surface area (Å²) in [5.41, 5.74) is 2.62. The number of nitrogens with one attached hydrogen (secondary N) is 1. The largest absolute Gasteiger partial charge is 0.496 e. The van der Waals surface area contributed by atoms with Crippen LogP contribution in [-0.2, 0) is 27.7 Å². The minimum Gasteiger partial charge on any atom is -0.496 e. The Morgan fingerprint density at radius 1 is 1.07 bits per heavy atom. The van der Waals surface area contributed by atoms with E-state index in [1.165, 1.54) is 0 Å². The zero-order valence-electron chi connectivity index (χ0n) is 17.7. The molecule has 1 saturated heterocycles.